The van der Waals surface area contributed by atoms with Crippen molar-refractivity contribution < 1.29 is 9.47 Å². The molecule has 162 valence electrons. The summed E-state index contributed by atoms with van der Waals surface area (Å²) in [6.07, 6.45) is 0. The summed E-state index contributed by atoms with van der Waals surface area (Å²) in [6.45, 7) is 4.06. The Morgan fingerprint density at radius 3 is 2.61 bits per heavy atom. The predicted molar refractivity (Wildman–Crippen MR) is 122 cm³/mol. The van der Waals surface area contributed by atoms with Gasteiger partial charge in [0, 0.05) is 38.3 Å². The number of benzene rings is 2. The SMILES string of the molecule is COc1cc2[nH]c(N(C)Cc3ccccc3N=C3NCCN3)nc(=O)c2c(C)c1OC. The molecule has 1 fully saturated rings. The first-order chi connectivity index (χ1) is 15.0. The molecule has 3 aromatic rings. The fourth-order valence-corrected chi connectivity index (χ4v) is 3.74. The summed E-state index contributed by atoms with van der Waals surface area (Å²) in [5.41, 5.74) is 2.89. The fourth-order valence-electron chi connectivity index (χ4n) is 3.74. The van der Waals surface area contributed by atoms with E-state index in [2.05, 4.69) is 25.6 Å². The lowest BCUT2D eigenvalue weighted by Gasteiger charge is -2.20. The molecule has 31 heavy (non-hydrogen) atoms. The second-order valence-corrected chi connectivity index (χ2v) is 7.32. The predicted octanol–water partition coefficient (Wildman–Crippen LogP) is 2.07. The fraction of sp³-hybridized carbons (Fsp3) is 0.318. The molecule has 0 saturated carbocycles. The number of aliphatic imine (C=N–C) groups is 1. The van der Waals surface area contributed by atoms with E-state index in [4.69, 9.17) is 9.47 Å². The summed E-state index contributed by atoms with van der Waals surface area (Å²) in [4.78, 5) is 27.0. The minimum absolute atomic E-state index is 0.318. The number of nitrogens with zero attached hydrogens (tertiary/aromatic N) is 3. The van der Waals surface area contributed by atoms with Gasteiger partial charge in [-0.25, -0.2) is 4.99 Å². The first kappa shape index (κ1) is 20.5. The van der Waals surface area contributed by atoms with Crippen molar-refractivity contribution in [1.29, 1.82) is 0 Å². The zero-order valence-electron chi connectivity index (χ0n) is 18.1. The van der Waals surface area contributed by atoms with E-state index in [9.17, 15) is 4.79 Å². The van der Waals surface area contributed by atoms with Gasteiger partial charge in [0.1, 0.15) is 0 Å². The van der Waals surface area contributed by atoms with Crippen LogP contribution in [0.25, 0.3) is 10.9 Å². The lowest BCUT2D eigenvalue weighted by atomic mass is 10.1. The third-order valence-corrected chi connectivity index (χ3v) is 5.28. The Morgan fingerprint density at radius 2 is 1.90 bits per heavy atom. The lowest BCUT2D eigenvalue weighted by Crippen LogP contribution is -2.24. The van der Waals surface area contributed by atoms with Gasteiger partial charge in [-0.2, -0.15) is 4.98 Å². The van der Waals surface area contributed by atoms with E-state index in [1.54, 1.807) is 20.3 Å². The van der Waals surface area contributed by atoms with Crippen LogP contribution < -0.4 is 30.6 Å². The van der Waals surface area contributed by atoms with Gasteiger partial charge in [-0.1, -0.05) is 18.2 Å². The number of aryl methyl sites for hydroxylation is 1. The Kier molecular flexibility index (Phi) is 5.66. The second-order valence-electron chi connectivity index (χ2n) is 7.32. The van der Waals surface area contributed by atoms with Crippen LogP contribution in [-0.2, 0) is 6.54 Å². The monoisotopic (exact) mass is 422 g/mol. The number of hydrogen-bond donors (Lipinski definition) is 3. The third kappa shape index (κ3) is 3.98. The van der Waals surface area contributed by atoms with E-state index in [-0.39, 0.29) is 5.56 Å². The number of anilines is 1. The maximum Gasteiger partial charge on any atom is 0.282 e. The standard InChI is InChI=1S/C22H26N6O3/c1-13-18-16(11-17(30-3)19(13)31-4)26-22(27-20(18)29)28(2)12-14-7-5-6-8-15(14)25-21-23-9-10-24-21/h5-8,11H,9-10,12H2,1-4H3,(H2,23,24,25)(H,26,27,29). The molecule has 0 radical (unpaired) electrons. The van der Waals surface area contributed by atoms with Crippen LogP contribution in [0, 0.1) is 6.92 Å². The molecular weight excluding hydrogens is 396 g/mol. The van der Waals surface area contributed by atoms with E-state index in [0.29, 0.717) is 40.5 Å². The zero-order valence-corrected chi connectivity index (χ0v) is 18.1. The number of para-hydroxylation sites is 1. The number of rotatable bonds is 6. The minimum Gasteiger partial charge on any atom is -0.493 e. The molecule has 1 aliphatic rings. The van der Waals surface area contributed by atoms with Gasteiger partial charge in [-0.15, -0.1) is 0 Å². The average Bonchev–Trinajstić information content (AvgIpc) is 3.27. The second kappa shape index (κ2) is 8.55. The van der Waals surface area contributed by atoms with Gasteiger partial charge >= 0.3 is 0 Å². The van der Waals surface area contributed by atoms with Crippen LogP contribution in [0.3, 0.4) is 0 Å². The maximum atomic E-state index is 12.8. The molecule has 1 saturated heterocycles. The Morgan fingerprint density at radius 1 is 1.16 bits per heavy atom. The summed E-state index contributed by atoms with van der Waals surface area (Å²) < 4.78 is 10.8. The molecule has 0 atom stereocenters. The normalized spacial score (nSPS) is 13.0. The molecule has 0 aliphatic carbocycles. The van der Waals surface area contributed by atoms with Gasteiger partial charge < -0.3 is 30.0 Å². The van der Waals surface area contributed by atoms with Crippen LogP contribution in [-0.4, -0.2) is 50.3 Å². The van der Waals surface area contributed by atoms with Gasteiger partial charge in [0.2, 0.25) is 5.95 Å². The van der Waals surface area contributed by atoms with Crippen LogP contribution in [0.4, 0.5) is 11.6 Å². The largest absolute Gasteiger partial charge is 0.493 e. The van der Waals surface area contributed by atoms with Crippen molar-refractivity contribution in [3.05, 3.63) is 51.8 Å². The number of guanidine groups is 1. The Labute approximate surface area is 180 Å². The molecule has 2 heterocycles. The van der Waals surface area contributed by atoms with Crippen molar-refractivity contribution >= 4 is 28.5 Å². The molecule has 4 rings (SSSR count). The Hall–Kier alpha value is -3.75. The number of nitrogens with one attached hydrogen (secondary N) is 3. The summed E-state index contributed by atoms with van der Waals surface area (Å²) in [7, 11) is 5.01. The molecule has 0 spiro atoms. The minimum atomic E-state index is -0.318. The van der Waals surface area contributed by atoms with E-state index >= 15 is 0 Å². The van der Waals surface area contributed by atoms with Crippen molar-refractivity contribution in [2.75, 3.05) is 39.3 Å². The van der Waals surface area contributed by atoms with Crippen LogP contribution in [0.15, 0.2) is 40.1 Å². The highest BCUT2D eigenvalue weighted by molar-refractivity contribution is 5.87. The molecule has 0 bridgehead atoms. The molecule has 1 aliphatic heterocycles. The molecule has 3 N–H and O–H groups in total. The van der Waals surface area contributed by atoms with Crippen molar-refractivity contribution in [3.8, 4) is 11.5 Å². The number of H-pyrrole nitrogens is 1. The third-order valence-electron chi connectivity index (χ3n) is 5.28. The molecule has 1 aromatic heterocycles. The average molecular weight is 422 g/mol. The number of aromatic amines is 1. The van der Waals surface area contributed by atoms with Gasteiger partial charge in [-0.05, 0) is 18.6 Å². The summed E-state index contributed by atoms with van der Waals surface area (Å²) in [6, 6.07) is 9.67. The van der Waals surface area contributed by atoms with Crippen molar-refractivity contribution in [3.63, 3.8) is 0 Å². The zero-order chi connectivity index (χ0) is 22.0. The summed E-state index contributed by atoms with van der Waals surface area (Å²) >= 11 is 0. The number of hydrogen-bond acceptors (Lipinski definition) is 6. The van der Waals surface area contributed by atoms with E-state index < -0.39 is 0 Å². The maximum absolute atomic E-state index is 12.8. The van der Waals surface area contributed by atoms with Crippen LogP contribution in [0.2, 0.25) is 0 Å². The number of aromatic nitrogens is 2. The first-order valence-corrected chi connectivity index (χ1v) is 10.0. The number of methoxy groups -OCH3 is 2. The van der Waals surface area contributed by atoms with Crippen molar-refractivity contribution in [2.24, 2.45) is 4.99 Å². The molecule has 0 unspecified atom stereocenters. The molecule has 9 heteroatoms. The van der Waals surface area contributed by atoms with Gasteiger partial charge in [-0.3, -0.25) is 4.79 Å². The van der Waals surface area contributed by atoms with Crippen LogP contribution >= 0.6 is 0 Å². The summed E-state index contributed by atoms with van der Waals surface area (Å²) in [5, 5.41) is 6.91. The van der Waals surface area contributed by atoms with E-state index in [1.807, 2.05) is 43.1 Å². The smallest absolute Gasteiger partial charge is 0.282 e. The van der Waals surface area contributed by atoms with Crippen LogP contribution in [0.1, 0.15) is 11.1 Å². The topological polar surface area (TPSA) is 104 Å². The first-order valence-electron chi connectivity index (χ1n) is 10.0. The van der Waals surface area contributed by atoms with Crippen molar-refractivity contribution in [1.82, 2.24) is 20.6 Å². The lowest BCUT2D eigenvalue weighted by molar-refractivity contribution is 0.354. The van der Waals surface area contributed by atoms with Crippen LogP contribution in [0.5, 0.6) is 11.5 Å². The molecule has 2 aromatic carbocycles. The molecule has 0 amide bonds. The highest BCUT2D eigenvalue weighted by atomic mass is 16.5. The van der Waals surface area contributed by atoms with Gasteiger partial charge in [0.05, 0.1) is 30.8 Å². The van der Waals surface area contributed by atoms with Crippen molar-refractivity contribution in [2.45, 2.75) is 13.5 Å². The van der Waals surface area contributed by atoms with E-state index in [0.717, 1.165) is 30.3 Å². The number of ether oxygens (including phenoxy) is 2. The highest BCUT2D eigenvalue weighted by Gasteiger charge is 2.17. The highest BCUT2D eigenvalue weighted by Crippen LogP contribution is 2.35. The van der Waals surface area contributed by atoms with Gasteiger partial charge in [0.25, 0.3) is 5.56 Å². The van der Waals surface area contributed by atoms with Gasteiger partial charge in [0.15, 0.2) is 17.5 Å². The molecular formula is C22H26N6O3. The summed E-state index contributed by atoms with van der Waals surface area (Å²) in [5.74, 6) is 2.32. The Bertz CT molecular complexity index is 1200. The quantitative estimate of drug-likeness (QED) is 0.559. The van der Waals surface area contributed by atoms with E-state index in [1.165, 1.54) is 0 Å². The molecule has 9 nitrogen and oxygen atoms in total. The Balaban J connectivity index is 1.70. The number of fused-ring (bicyclic) bond motifs is 1.